The summed E-state index contributed by atoms with van der Waals surface area (Å²) < 4.78 is 31.3. The molecule has 1 fully saturated rings. The second kappa shape index (κ2) is 4.86. The highest BCUT2D eigenvalue weighted by atomic mass is 19.3. The van der Waals surface area contributed by atoms with Crippen LogP contribution >= 0.6 is 0 Å². The summed E-state index contributed by atoms with van der Waals surface area (Å²) >= 11 is 0. The summed E-state index contributed by atoms with van der Waals surface area (Å²) in [7, 11) is 1.55. The summed E-state index contributed by atoms with van der Waals surface area (Å²) in [6.07, 6.45) is 1.55. The third-order valence-corrected chi connectivity index (χ3v) is 2.36. The largest absolute Gasteiger partial charge is 0.381 e. The van der Waals surface area contributed by atoms with Crippen molar-refractivity contribution in [1.82, 2.24) is 5.32 Å². The smallest absolute Gasteiger partial charge is 0.260 e. The summed E-state index contributed by atoms with van der Waals surface area (Å²) in [6.45, 7) is 1.06. The van der Waals surface area contributed by atoms with Gasteiger partial charge in [0.2, 0.25) is 0 Å². The van der Waals surface area contributed by atoms with Crippen molar-refractivity contribution in [3.8, 4) is 0 Å². The predicted molar refractivity (Wildman–Crippen MR) is 47.0 cm³/mol. The van der Waals surface area contributed by atoms with Crippen LogP contribution in [0.5, 0.6) is 0 Å². The number of rotatable bonds is 4. The van der Waals surface area contributed by atoms with E-state index in [1.54, 1.807) is 7.05 Å². The Morgan fingerprint density at radius 1 is 1.38 bits per heavy atom. The van der Waals surface area contributed by atoms with Crippen LogP contribution in [0.3, 0.4) is 0 Å². The molecule has 0 aliphatic carbocycles. The van der Waals surface area contributed by atoms with Crippen LogP contribution in [-0.4, -0.2) is 32.7 Å². The average Bonchev–Trinajstić information content (AvgIpc) is 2.04. The van der Waals surface area contributed by atoms with Gasteiger partial charge in [0.15, 0.2) is 0 Å². The highest BCUT2D eigenvalue weighted by molar-refractivity contribution is 4.75. The molecule has 0 amide bonds. The van der Waals surface area contributed by atoms with Gasteiger partial charge in [-0.2, -0.15) is 0 Å². The van der Waals surface area contributed by atoms with Crippen LogP contribution in [0.25, 0.3) is 0 Å². The molecule has 0 atom stereocenters. The Labute approximate surface area is 77.6 Å². The quantitative estimate of drug-likeness (QED) is 0.733. The molecule has 0 spiro atoms. The first-order chi connectivity index (χ1) is 6.14. The number of nitrogens with one attached hydrogen (secondary N) is 1. The van der Waals surface area contributed by atoms with E-state index < -0.39 is 5.92 Å². The maximum atomic E-state index is 13.1. The maximum absolute atomic E-state index is 13.1. The van der Waals surface area contributed by atoms with Gasteiger partial charge in [0.25, 0.3) is 5.92 Å². The second-order valence-electron chi connectivity index (χ2n) is 3.65. The van der Waals surface area contributed by atoms with Crippen LogP contribution in [0.15, 0.2) is 0 Å². The molecule has 1 saturated heterocycles. The fraction of sp³-hybridized carbons (Fsp3) is 1.00. The lowest BCUT2D eigenvalue weighted by atomic mass is 9.93. The zero-order chi connectivity index (χ0) is 9.73. The molecule has 0 bridgehead atoms. The molecule has 0 aromatic heterocycles. The lowest BCUT2D eigenvalue weighted by Gasteiger charge is -2.26. The van der Waals surface area contributed by atoms with Crippen molar-refractivity contribution in [2.75, 3.05) is 26.8 Å². The van der Waals surface area contributed by atoms with E-state index in [1.807, 2.05) is 0 Å². The lowest BCUT2D eigenvalue weighted by molar-refractivity contribution is -0.0389. The lowest BCUT2D eigenvalue weighted by Crippen LogP contribution is -2.34. The highest BCUT2D eigenvalue weighted by Gasteiger charge is 2.32. The van der Waals surface area contributed by atoms with Gasteiger partial charge in [0.05, 0.1) is 6.54 Å². The van der Waals surface area contributed by atoms with E-state index in [0.717, 1.165) is 12.8 Å². The monoisotopic (exact) mass is 193 g/mol. The summed E-state index contributed by atoms with van der Waals surface area (Å²) in [5.74, 6) is -2.42. The normalized spacial score (nSPS) is 20.5. The molecule has 0 saturated carbocycles. The second-order valence-corrected chi connectivity index (χ2v) is 3.65. The van der Waals surface area contributed by atoms with E-state index >= 15 is 0 Å². The topological polar surface area (TPSA) is 21.3 Å². The van der Waals surface area contributed by atoms with Gasteiger partial charge in [-0.3, -0.25) is 0 Å². The zero-order valence-electron chi connectivity index (χ0n) is 7.98. The predicted octanol–water partition coefficient (Wildman–Crippen LogP) is 1.66. The van der Waals surface area contributed by atoms with E-state index in [9.17, 15) is 8.78 Å². The van der Waals surface area contributed by atoms with Crippen molar-refractivity contribution in [2.24, 2.45) is 5.92 Å². The van der Waals surface area contributed by atoms with Gasteiger partial charge < -0.3 is 10.1 Å². The van der Waals surface area contributed by atoms with E-state index in [1.165, 1.54) is 0 Å². The van der Waals surface area contributed by atoms with Crippen LogP contribution in [0.1, 0.15) is 19.3 Å². The Morgan fingerprint density at radius 3 is 2.54 bits per heavy atom. The fourth-order valence-corrected chi connectivity index (χ4v) is 1.70. The van der Waals surface area contributed by atoms with Gasteiger partial charge in [-0.15, -0.1) is 0 Å². The third-order valence-electron chi connectivity index (χ3n) is 2.36. The Kier molecular flexibility index (Phi) is 4.06. The summed E-state index contributed by atoms with van der Waals surface area (Å²) in [6, 6.07) is 0. The van der Waals surface area contributed by atoms with Crippen molar-refractivity contribution >= 4 is 0 Å². The van der Waals surface area contributed by atoms with Gasteiger partial charge in [-0.05, 0) is 25.8 Å². The molecule has 78 valence electrons. The molecule has 0 unspecified atom stereocenters. The molecule has 1 heterocycles. The Bertz CT molecular complexity index is 147. The molecule has 4 heteroatoms. The number of halogens is 2. The van der Waals surface area contributed by atoms with Crippen LogP contribution in [0.4, 0.5) is 8.78 Å². The zero-order valence-corrected chi connectivity index (χ0v) is 7.98. The van der Waals surface area contributed by atoms with Crippen LogP contribution in [0, 0.1) is 5.92 Å². The molecular formula is C9H17F2NO. The summed E-state index contributed by atoms with van der Waals surface area (Å²) in [5.41, 5.74) is 0. The molecule has 1 N–H and O–H groups in total. The summed E-state index contributed by atoms with van der Waals surface area (Å²) in [5, 5.41) is 2.52. The van der Waals surface area contributed by atoms with Crippen molar-refractivity contribution < 1.29 is 13.5 Å². The van der Waals surface area contributed by atoms with E-state index in [0.29, 0.717) is 13.2 Å². The first-order valence-corrected chi connectivity index (χ1v) is 4.74. The van der Waals surface area contributed by atoms with Gasteiger partial charge in [0.1, 0.15) is 0 Å². The van der Waals surface area contributed by atoms with E-state index in [2.05, 4.69) is 5.32 Å². The van der Waals surface area contributed by atoms with Gasteiger partial charge >= 0.3 is 0 Å². The fourth-order valence-electron chi connectivity index (χ4n) is 1.70. The number of hydrogen-bond donors (Lipinski definition) is 1. The molecule has 1 aliphatic heterocycles. The van der Waals surface area contributed by atoms with Crippen LogP contribution in [-0.2, 0) is 4.74 Å². The SMILES string of the molecule is CNCC(F)(F)CC1CCOCC1. The van der Waals surface area contributed by atoms with Crippen molar-refractivity contribution in [2.45, 2.75) is 25.2 Å². The van der Waals surface area contributed by atoms with Crippen molar-refractivity contribution in [3.63, 3.8) is 0 Å². The summed E-state index contributed by atoms with van der Waals surface area (Å²) in [4.78, 5) is 0. The first-order valence-electron chi connectivity index (χ1n) is 4.74. The van der Waals surface area contributed by atoms with Crippen LogP contribution < -0.4 is 5.32 Å². The van der Waals surface area contributed by atoms with Gasteiger partial charge in [0, 0.05) is 19.6 Å². The van der Waals surface area contributed by atoms with Crippen molar-refractivity contribution in [3.05, 3.63) is 0 Å². The third kappa shape index (κ3) is 4.00. The first kappa shape index (κ1) is 10.9. The Hall–Kier alpha value is -0.220. The molecular weight excluding hydrogens is 176 g/mol. The highest BCUT2D eigenvalue weighted by Crippen LogP contribution is 2.28. The van der Waals surface area contributed by atoms with Crippen molar-refractivity contribution in [1.29, 1.82) is 0 Å². The molecule has 13 heavy (non-hydrogen) atoms. The maximum Gasteiger partial charge on any atom is 0.260 e. The minimum absolute atomic E-state index is 0.00278. The van der Waals surface area contributed by atoms with Gasteiger partial charge in [-0.1, -0.05) is 0 Å². The molecule has 0 aromatic carbocycles. The number of ether oxygens (including phenoxy) is 1. The Balaban J connectivity index is 2.28. The molecule has 0 radical (unpaired) electrons. The molecule has 0 aromatic rings. The van der Waals surface area contributed by atoms with Gasteiger partial charge in [-0.25, -0.2) is 8.78 Å². The van der Waals surface area contributed by atoms with E-state index in [4.69, 9.17) is 4.74 Å². The average molecular weight is 193 g/mol. The number of alkyl halides is 2. The van der Waals surface area contributed by atoms with Crippen LogP contribution in [0.2, 0.25) is 0 Å². The minimum Gasteiger partial charge on any atom is -0.381 e. The molecule has 2 nitrogen and oxygen atoms in total. The van der Waals surface area contributed by atoms with E-state index in [-0.39, 0.29) is 18.9 Å². The standard InChI is InChI=1S/C9H17F2NO/c1-12-7-9(10,11)6-8-2-4-13-5-3-8/h8,12H,2-7H2,1H3. The molecule has 1 rings (SSSR count). The minimum atomic E-state index is -2.56. The molecule has 1 aliphatic rings. The number of hydrogen-bond acceptors (Lipinski definition) is 2. The Morgan fingerprint density at radius 2 is 2.00 bits per heavy atom.